The fourth-order valence-electron chi connectivity index (χ4n) is 8.03. The van der Waals surface area contributed by atoms with Crippen LogP contribution in [0.2, 0.25) is 0 Å². The van der Waals surface area contributed by atoms with E-state index in [4.69, 9.17) is 15.0 Å². The Labute approximate surface area is 296 Å². The van der Waals surface area contributed by atoms with E-state index < -0.39 is 0 Å². The van der Waals surface area contributed by atoms with Crippen LogP contribution < -0.4 is 0 Å². The van der Waals surface area contributed by atoms with Crippen LogP contribution in [0.5, 0.6) is 0 Å². The van der Waals surface area contributed by atoms with E-state index in [1.807, 2.05) is 60.7 Å². The Bertz CT molecular complexity index is 2690. The number of fused-ring (bicyclic) bond motifs is 6. The van der Waals surface area contributed by atoms with Gasteiger partial charge in [0.1, 0.15) is 0 Å². The predicted octanol–water partition coefficient (Wildman–Crippen LogP) is 11.3. The molecule has 0 N–H and O–H groups in total. The van der Waals surface area contributed by atoms with E-state index in [1.165, 1.54) is 44.1 Å². The molecule has 0 bridgehead atoms. The van der Waals surface area contributed by atoms with Crippen molar-refractivity contribution in [2.45, 2.75) is 12.3 Å². The summed E-state index contributed by atoms with van der Waals surface area (Å²) in [5, 5.41) is 2.46. The lowest BCUT2D eigenvalue weighted by atomic mass is 9.74. The third kappa shape index (κ3) is 4.57. The van der Waals surface area contributed by atoms with E-state index in [9.17, 15) is 0 Å². The molecule has 4 heteroatoms. The summed E-state index contributed by atoms with van der Waals surface area (Å²) in [5.41, 5.74) is 12.5. The van der Waals surface area contributed by atoms with Crippen molar-refractivity contribution in [3.05, 3.63) is 193 Å². The fraction of sp³-hybridized carbons (Fsp3) is 0.0426. The Hall–Kier alpha value is -6.65. The molecule has 9 aromatic rings. The molecule has 2 aromatic heterocycles. The Morgan fingerprint density at radius 3 is 1.69 bits per heavy atom. The van der Waals surface area contributed by atoms with Crippen molar-refractivity contribution in [2.24, 2.45) is 0 Å². The third-order valence-electron chi connectivity index (χ3n) is 10.5. The van der Waals surface area contributed by atoms with E-state index in [0.29, 0.717) is 17.5 Å². The average molecular weight is 653 g/mol. The molecule has 2 heterocycles. The normalized spacial score (nSPS) is 14.8. The minimum Gasteiger partial charge on any atom is -0.309 e. The minimum atomic E-state index is -0.295. The molecule has 51 heavy (non-hydrogen) atoms. The highest BCUT2D eigenvalue weighted by Crippen LogP contribution is 2.54. The molecule has 7 aromatic carbocycles. The lowest BCUT2D eigenvalue weighted by Gasteiger charge is -2.28. The molecule has 0 saturated heterocycles. The molecule has 1 unspecified atom stereocenters. The quantitative estimate of drug-likeness (QED) is 0.186. The summed E-state index contributed by atoms with van der Waals surface area (Å²) in [6, 6.07) is 62.3. The zero-order valence-corrected chi connectivity index (χ0v) is 28.0. The molecular weight excluding hydrogens is 621 g/mol. The van der Waals surface area contributed by atoms with Crippen LogP contribution in [0.1, 0.15) is 23.6 Å². The van der Waals surface area contributed by atoms with Crippen molar-refractivity contribution in [1.82, 2.24) is 19.5 Å². The van der Waals surface area contributed by atoms with Crippen LogP contribution in [-0.4, -0.2) is 19.5 Å². The van der Waals surface area contributed by atoms with Crippen molar-refractivity contribution in [3.63, 3.8) is 0 Å². The number of para-hydroxylation sites is 1. The first kappa shape index (κ1) is 29.3. The van der Waals surface area contributed by atoms with Crippen LogP contribution in [0.25, 0.3) is 72.8 Å². The van der Waals surface area contributed by atoms with Gasteiger partial charge in [0.05, 0.1) is 11.0 Å². The van der Waals surface area contributed by atoms with Crippen LogP contribution >= 0.6 is 0 Å². The Morgan fingerprint density at radius 2 is 0.980 bits per heavy atom. The molecule has 10 rings (SSSR count). The van der Waals surface area contributed by atoms with E-state index in [-0.39, 0.29) is 5.41 Å². The van der Waals surface area contributed by atoms with E-state index in [1.54, 1.807) is 0 Å². The minimum absolute atomic E-state index is 0.295. The number of benzene rings is 7. The molecule has 0 fully saturated rings. The van der Waals surface area contributed by atoms with Gasteiger partial charge in [0, 0.05) is 38.6 Å². The molecule has 1 atom stereocenters. The average Bonchev–Trinajstić information content (AvgIpc) is 3.67. The van der Waals surface area contributed by atoms with Gasteiger partial charge in [0.2, 0.25) is 0 Å². The van der Waals surface area contributed by atoms with Crippen LogP contribution in [0.4, 0.5) is 0 Å². The van der Waals surface area contributed by atoms with Crippen molar-refractivity contribution in [1.29, 1.82) is 0 Å². The molecule has 4 nitrogen and oxygen atoms in total. The first-order chi connectivity index (χ1) is 25.2. The Morgan fingerprint density at radius 1 is 0.412 bits per heavy atom. The first-order valence-corrected chi connectivity index (χ1v) is 17.4. The second-order valence-corrected chi connectivity index (χ2v) is 13.4. The highest BCUT2D eigenvalue weighted by atomic mass is 15.0. The number of hydrogen-bond acceptors (Lipinski definition) is 3. The number of hydrogen-bond donors (Lipinski definition) is 0. The third-order valence-corrected chi connectivity index (χ3v) is 10.5. The summed E-state index contributed by atoms with van der Waals surface area (Å²) < 4.78 is 2.40. The highest BCUT2D eigenvalue weighted by molar-refractivity contribution is 6.11. The summed E-state index contributed by atoms with van der Waals surface area (Å²) >= 11 is 0. The molecule has 0 saturated carbocycles. The molecule has 1 aliphatic rings. The zero-order valence-electron chi connectivity index (χ0n) is 28.0. The van der Waals surface area contributed by atoms with Gasteiger partial charge < -0.3 is 4.57 Å². The standard InChI is InChI=1S/C47H32N4/c1-47(34-21-9-4-10-22-34)40-26-13-11-24-36(40)38-29-39-37-25-12-14-27-42(37)51(43(39)30-41(38)47)35-23-15-20-33(28-35)46-49-44(31-16-5-2-6-17-31)48-45(50-46)32-18-7-3-8-19-32/h2-30H,1H3. The van der Waals surface area contributed by atoms with Crippen LogP contribution in [0.3, 0.4) is 0 Å². The van der Waals surface area contributed by atoms with Crippen molar-refractivity contribution < 1.29 is 0 Å². The van der Waals surface area contributed by atoms with Gasteiger partial charge in [-0.2, -0.15) is 0 Å². The first-order valence-electron chi connectivity index (χ1n) is 17.4. The molecule has 0 spiro atoms. The maximum atomic E-state index is 5.04. The predicted molar refractivity (Wildman–Crippen MR) is 208 cm³/mol. The number of nitrogens with zero attached hydrogens (tertiary/aromatic N) is 4. The molecular formula is C47H32N4. The summed E-state index contributed by atoms with van der Waals surface area (Å²) in [6.07, 6.45) is 0. The van der Waals surface area contributed by atoms with Gasteiger partial charge in [-0.1, -0.05) is 146 Å². The number of aromatic nitrogens is 4. The summed E-state index contributed by atoms with van der Waals surface area (Å²) in [5.74, 6) is 1.94. The largest absolute Gasteiger partial charge is 0.309 e. The molecule has 0 amide bonds. The summed E-state index contributed by atoms with van der Waals surface area (Å²) in [4.78, 5) is 15.0. The summed E-state index contributed by atoms with van der Waals surface area (Å²) in [6.45, 7) is 2.38. The number of rotatable bonds is 5. The summed E-state index contributed by atoms with van der Waals surface area (Å²) in [7, 11) is 0. The molecule has 240 valence electrons. The smallest absolute Gasteiger partial charge is 0.164 e. The van der Waals surface area contributed by atoms with E-state index in [2.05, 4.69) is 127 Å². The zero-order chi connectivity index (χ0) is 33.9. The topological polar surface area (TPSA) is 43.6 Å². The van der Waals surface area contributed by atoms with E-state index in [0.717, 1.165) is 27.9 Å². The lowest BCUT2D eigenvalue weighted by Crippen LogP contribution is -2.22. The SMILES string of the molecule is CC1(c2ccccc2)c2ccccc2-c2cc3c4ccccc4n(-c4cccc(-c5nc(-c6ccccc6)nc(-c6ccccc6)n5)c4)c3cc21. The lowest BCUT2D eigenvalue weighted by molar-refractivity contribution is 0.714. The van der Waals surface area contributed by atoms with Crippen molar-refractivity contribution >= 4 is 21.8 Å². The molecule has 0 aliphatic heterocycles. The van der Waals surface area contributed by atoms with Gasteiger partial charge in [-0.25, -0.2) is 15.0 Å². The van der Waals surface area contributed by atoms with Crippen LogP contribution in [0.15, 0.2) is 176 Å². The van der Waals surface area contributed by atoms with Gasteiger partial charge in [-0.15, -0.1) is 0 Å². The Balaban J connectivity index is 1.20. The second-order valence-electron chi connectivity index (χ2n) is 13.4. The van der Waals surface area contributed by atoms with Gasteiger partial charge in [0.25, 0.3) is 0 Å². The maximum Gasteiger partial charge on any atom is 0.164 e. The van der Waals surface area contributed by atoms with Crippen molar-refractivity contribution in [2.75, 3.05) is 0 Å². The van der Waals surface area contributed by atoms with Gasteiger partial charge in [-0.3, -0.25) is 0 Å². The monoisotopic (exact) mass is 652 g/mol. The Kier molecular flexibility index (Phi) is 6.58. The highest BCUT2D eigenvalue weighted by Gasteiger charge is 2.41. The van der Waals surface area contributed by atoms with Gasteiger partial charge >= 0.3 is 0 Å². The van der Waals surface area contributed by atoms with E-state index >= 15 is 0 Å². The fourth-order valence-corrected chi connectivity index (χ4v) is 8.03. The van der Waals surface area contributed by atoms with Crippen molar-refractivity contribution in [3.8, 4) is 51.0 Å². The van der Waals surface area contributed by atoms with Gasteiger partial charge in [0.15, 0.2) is 17.5 Å². The second kappa shape index (κ2) is 11.5. The molecule has 0 radical (unpaired) electrons. The van der Waals surface area contributed by atoms with Crippen LogP contribution in [0, 0.1) is 0 Å². The van der Waals surface area contributed by atoms with Crippen LogP contribution in [-0.2, 0) is 5.41 Å². The van der Waals surface area contributed by atoms with Gasteiger partial charge in [-0.05, 0) is 65.1 Å². The molecule has 1 aliphatic carbocycles. The maximum absolute atomic E-state index is 5.04.